The van der Waals surface area contributed by atoms with Crippen molar-refractivity contribution in [3.8, 4) is 0 Å². The van der Waals surface area contributed by atoms with E-state index in [0.717, 1.165) is 24.8 Å². The number of carbonyl (C=O) groups is 1. The predicted octanol–water partition coefficient (Wildman–Crippen LogP) is 3.73. The molecule has 1 aromatic carbocycles. The van der Waals surface area contributed by atoms with E-state index >= 15 is 0 Å². The molecule has 2 atom stereocenters. The second kappa shape index (κ2) is 4.66. The molecule has 0 aromatic heterocycles. The summed E-state index contributed by atoms with van der Waals surface area (Å²) in [7, 11) is 0. The van der Waals surface area contributed by atoms with Crippen molar-refractivity contribution >= 4 is 21.7 Å². The second-order valence-corrected chi connectivity index (χ2v) is 5.47. The second-order valence-electron chi connectivity index (χ2n) is 4.36. The van der Waals surface area contributed by atoms with E-state index in [-0.39, 0.29) is 22.3 Å². The lowest BCUT2D eigenvalue weighted by molar-refractivity contribution is -0.121. The highest BCUT2D eigenvalue weighted by molar-refractivity contribution is 9.10. The Bertz CT molecular complexity index is 416. The summed E-state index contributed by atoms with van der Waals surface area (Å²) >= 11 is 3.38. The summed E-state index contributed by atoms with van der Waals surface area (Å²) in [6.45, 7) is 1.73. The quantitative estimate of drug-likeness (QED) is 0.718. The molecule has 0 amide bonds. The molecule has 1 saturated carbocycles. The van der Waals surface area contributed by atoms with Crippen LogP contribution in [0, 0.1) is 12.7 Å². The van der Waals surface area contributed by atoms with E-state index in [9.17, 15) is 9.18 Å². The van der Waals surface area contributed by atoms with Gasteiger partial charge in [0.05, 0.1) is 4.83 Å². The first-order chi connectivity index (χ1) is 7.59. The first kappa shape index (κ1) is 11.8. The number of benzene rings is 1. The Morgan fingerprint density at radius 2 is 2.12 bits per heavy atom. The van der Waals surface area contributed by atoms with Crippen LogP contribution in [0.4, 0.5) is 4.39 Å². The Kier molecular flexibility index (Phi) is 3.43. The van der Waals surface area contributed by atoms with Crippen LogP contribution in [0.25, 0.3) is 0 Å². The largest absolute Gasteiger partial charge is 0.298 e. The van der Waals surface area contributed by atoms with Crippen LogP contribution in [0.5, 0.6) is 0 Å². The zero-order valence-corrected chi connectivity index (χ0v) is 10.8. The number of rotatable bonds is 1. The topological polar surface area (TPSA) is 17.1 Å². The van der Waals surface area contributed by atoms with Gasteiger partial charge in [0, 0.05) is 5.92 Å². The summed E-state index contributed by atoms with van der Waals surface area (Å²) in [5, 5.41) is 0. The van der Waals surface area contributed by atoms with Crippen molar-refractivity contribution in [3.05, 3.63) is 35.1 Å². The van der Waals surface area contributed by atoms with Crippen molar-refractivity contribution in [1.82, 2.24) is 0 Å². The van der Waals surface area contributed by atoms with Gasteiger partial charge in [-0.3, -0.25) is 4.79 Å². The molecule has 0 N–H and O–H groups in total. The number of carbonyl (C=O) groups excluding carboxylic acids is 1. The molecular formula is C13H14BrFO. The van der Waals surface area contributed by atoms with Gasteiger partial charge in [-0.15, -0.1) is 0 Å². The molecule has 0 heterocycles. The van der Waals surface area contributed by atoms with Gasteiger partial charge >= 0.3 is 0 Å². The molecule has 1 nitrogen and oxygen atoms in total. The standard InChI is InChI=1S/C13H14BrFO/c1-8-5-6-9(7-12(8)15)10-3-2-4-11(14)13(10)16/h5-7,10-11H,2-4H2,1H3. The van der Waals surface area contributed by atoms with Crippen molar-refractivity contribution < 1.29 is 9.18 Å². The fraction of sp³-hybridized carbons (Fsp3) is 0.462. The number of alkyl halides is 1. The zero-order valence-electron chi connectivity index (χ0n) is 9.17. The highest BCUT2D eigenvalue weighted by atomic mass is 79.9. The monoisotopic (exact) mass is 284 g/mol. The first-order valence-corrected chi connectivity index (χ1v) is 6.45. The molecule has 1 aliphatic carbocycles. The molecule has 1 aromatic rings. The normalized spacial score (nSPS) is 25.8. The van der Waals surface area contributed by atoms with E-state index in [1.807, 2.05) is 6.07 Å². The van der Waals surface area contributed by atoms with Crippen LogP contribution in [0.1, 0.15) is 36.3 Å². The summed E-state index contributed by atoms with van der Waals surface area (Å²) in [5.74, 6) is -0.162. The molecule has 2 rings (SSSR count). The average Bonchev–Trinajstić information content (AvgIpc) is 2.26. The van der Waals surface area contributed by atoms with E-state index in [4.69, 9.17) is 0 Å². The Balaban J connectivity index is 2.29. The van der Waals surface area contributed by atoms with Crippen LogP contribution in [0.15, 0.2) is 18.2 Å². The van der Waals surface area contributed by atoms with Crippen molar-refractivity contribution in [2.24, 2.45) is 0 Å². The van der Waals surface area contributed by atoms with Gasteiger partial charge in [0.15, 0.2) is 5.78 Å². The van der Waals surface area contributed by atoms with Crippen molar-refractivity contribution in [2.75, 3.05) is 0 Å². The van der Waals surface area contributed by atoms with Gasteiger partial charge in [0.1, 0.15) is 5.82 Å². The van der Waals surface area contributed by atoms with Gasteiger partial charge in [-0.2, -0.15) is 0 Å². The molecule has 1 aliphatic rings. The Hall–Kier alpha value is -0.700. The van der Waals surface area contributed by atoms with Crippen LogP contribution in [-0.2, 0) is 4.79 Å². The third-order valence-corrected chi connectivity index (χ3v) is 4.11. The lowest BCUT2D eigenvalue weighted by Crippen LogP contribution is -2.27. The lowest BCUT2D eigenvalue weighted by Gasteiger charge is -2.24. The van der Waals surface area contributed by atoms with Gasteiger partial charge < -0.3 is 0 Å². The van der Waals surface area contributed by atoms with Gasteiger partial charge in [-0.25, -0.2) is 4.39 Å². The summed E-state index contributed by atoms with van der Waals surface area (Å²) < 4.78 is 13.4. The van der Waals surface area contributed by atoms with E-state index in [0.29, 0.717) is 5.56 Å². The van der Waals surface area contributed by atoms with Gasteiger partial charge in [-0.05, 0) is 37.0 Å². The fourth-order valence-corrected chi connectivity index (χ4v) is 2.80. The fourth-order valence-electron chi connectivity index (χ4n) is 2.16. The number of ketones is 1. The molecule has 16 heavy (non-hydrogen) atoms. The third kappa shape index (κ3) is 2.19. The maximum atomic E-state index is 13.4. The maximum absolute atomic E-state index is 13.4. The summed E-state index contributed by atoms with van der Waals surface area (Å²) in [5.41, 5.74) is 1.44. The lowest BCUT2D eigenvalue weighted by atomic mass is 9.82. The van der Waals surface area contributed by atoms with Crippen LogP contribution in [-0.4, -0.2) is 10.6 Å². The van der Waals surface area contributed by atoms with E-state index in [1.165, 1.54) is 6.07 Å². The molecular weight excluding hydrogens is 271 g/mol. The van der Waals surface area contributed by atoms with E-state index in [2.05, 4.69) is 15.9 Å². The minimum atomic E-state index is -0.220. The predicted molar refractivity (Wildman–Crippen MR) is 65.5 cm³/mol. The molecule has 0 bridgehead atoms. The molecule has 0 aliphatic heterocycles. The minimum Gasteiger partial charge on any atom is -0.298 e. The Morgan fingerprint density at radius 1 is 1.38 bits per heavy atom. The maximum Gasteiger partial charge on any atom is 0.153 e. The van der Waals surface area contributed by atoms with Gasteiger partial charge in [0.2, 0.25) is 0 Å². The van der Waals surface area contributed by atoms with Crippen LogP contribution in [0.3, 0.4) is 0 Å². The third-order valence-electron chi connectivity index (χ3n) is 3.20. The van der Waals surface area contributed by atoms with Crippen molar-refractivity contribution in [1.29, 1.82) is 0 Å². The number of Topliss-reactive ketones (excluding diaryl/α,β-unsaturated/α-hetero) is 1. The molecule has 2 unspecified atom stereocenters. The van der Waals surface area contributed by atoms with Crippen molar-refractivity contribution in [3.63, 3.8) is 0 Å². The molecule has 0 saturated heterocycles. The van der Waals surface area contributed by atoms with Crippen molar-refractivity contribution in [2.45, 2.75) is 36.9 Å². The number of hydrogen-bond donors (Lipinski definition) is 0. The Labute approximate surface area is 103 Å². The zero-order chi connectivity index (χ0) is 11.7. The molecule has 0 radical (unpaired) electrons. The van der Waals surface area contributed by atoms with E-state index in [1.54, 1.807) is 13.0 Å². The van der Waals surface area contributed by atoms with Crippen LogP contribution in [0.2, 0.25) is 0 Å². The van der Waals surface area contributed by atoms with Gasteiger partial charge in [-0.1, -0.05) is 34.5 Å². The molecule has 3 heteroatoms. The molecule has 0 spiro atoms. The van der Waals surface area contributed by atoms with Crippen LogP contribution >= 0.6 is 15.9 Å². The smallest absolute Gasteiger partial charge is 0.153 e. The Morgan fingerprint density at radius 3 is 2.81 bits per heavy atom. The van der Waals surface area contributed by atoms with Crippen LogP contribution < -0.4 is 0 Å². The average molecular weight is 285 g/mol. The number of aryl methyl sites for hydroxylation is 1. The number of halogens is 2. The first-order valence-electron chi connectivity index (χ1n) is 5.53. The summed E-state index contributed by atoms with van der Waals surface area (Å²) in [6.07, 6.45) is 2.74. The molecule has 1 fully saturated rings. The number of hydrogen-bond acceptors (Lipinski definition) is 1. The van der Waals surface area contributed by atoms with Gasteiger partial charge in [0.25, 0.3) is 0 Å². The molecule has 86 valence electrons. The minimum absolute atomic E-state index is 0.0596. The highest BCUT2D eigenvalue weighted by Gasteiger charge is 2.30. The summed E-state index contributed by atoms with van der Waals surface area (Å²) in [4.78, 5) is 11.9. The summed E-state index contributed by atoms with van der Waals surface area (Å²) in [6, 6.07) is 5.12. The van der Waals surface area contributed by atoms with E-state index < -0.39 is 0 Å². The SMILES string of the molecule is Cc1ccc(C2CCCC(Br)C2=O)cc1F. The highest BCUT2D eigenvalue weighted by Crippen LogP contribution is 2.33.